The maximum absolute atomic E-state index is 12.8. The molecule has 5 nitrogen and oxygen atoms in total. The van der Waals surface area contributed by atoms with Crippen molar-refractivity contribution in [2.75, 3.05) is 42.9 Å². The van der Waals surface area contributed by atoms with E-state index in [1.807, 2.05) is 17.0 Å². The molecule has 144 valence electrons. The van der Waals surface area contributed by atoms with Gasteiger partial charge in [-0.05, 0) is 49.6 Å². The van der Waals surface area contributed by atoms with Crippen molar-refractivity contribution in [3.05, 3.63) is 53.3 Å². The van der Waals surface area contributed by atoms with Gasteiger partial charge in [0, 0.05) is 38.4 Å². The van der Waals surface area contributed by atoms with Crippen LogP contribution in [0, 0.1) is 13.8 Å². The summed E-state index contributed by atoms with van der Waals surface area (Å²) in [7, 11) is 0. The second-order valence-electron chi connectivity index (χ2n) is 7.21. The molecule has 1 N–H and O–H groups in total. The lowest BCUT2D eigenvalue weighted by Crippen LogP contribution is -2.49. The van der Waals surface area contributed by atoms with E-state index < -0.39 is 0 Å². The number of unbranched alkanes of at least 4 members (excludes halogenated alkanes) is 1. The van der Waals surface area contributed by atoms with Crippen LogP contribution in [-0.2, 0) is 0 Å². The van der Waals surface area contributed by atoms with Gasteiger partial charge in [-0.25, -0.2) is 4.98 Å². The number of nitrogens with one attached hydrogen (secondary N) is 1. The van der Waals surface area contributed by atoms with Crippen molar-refractivity contribution in [2.45, 2.75) is 33.6 Å². The van der Waals surface area contributed by atoms with Crippen molar-refractivity contribution in [2.24, 2.45) is 0 Å². The Morgan fingerprint density at radius 2 is 1.89 bits per heavy atom. The van der Waals surface area contributed by atoms with Gasteiger partial charge in [-0.3, -0.25) is 4.79 Å². The summed E-state index contributed by atoms with van der Waals surface area (Å²) in [6.45, 7) is 10.6. The number of pyridine rings is 1. The third-order valence-electron chi connectivity index (χ3n) is 5.33. The number of amides is 1. The number of anilines is 2. The minimum Gasteiger partial charge on any atom is -0.384 e. The molecule has 1 aliphatic rings. The molecular weight excluding hydrogens is 336 g/mol. The predicted octanol–water partition coefficient (Wildman–Crippen LogP) is 3.87. The van der Waals surface area contributed by atoms with Gasteiger partial charge in [-0.15, -0.1) is 0 Å². The van der Waals surface area contributed by atoms with Crippen LogP contribution in [0.1, 0.15) is 41.4 Å². The number of hydrogen-bond donors (Lipinski definition) is 1. The molecule has 1 amide bonds. The van der Waals surface area contributed by atoms with E-state index >= 15 is 0 Å². The Labute approximate surface area is 162 Å². The zero-order chi connectivity index (χ0) is 19.2. The summed E-state index contributed by atoms with van der Waals surface area (Å²) in [6.07, 6.45) is 4.05. The molecule has 1 fully saturated rings. The molecule has 1 aliphatic heterocycles. The van der Waals surface area contributed by atoms with Gasteiger partial charge in [0.05, 0.1) is 11.9 Å². The first-order valence-electron chi connectivity index (χ1n) is 9.90. The van der Waals surface area contributed by atoms with Crippen molar-refractivity contribution in [1.29, 1.82) is 0 Å². The molecule has 1 aromatic heterocycles. The highest BCUT2D eigenvalue weighted by Gasteiger charge is 2.23. The molecule has 27 heavy (non-hydrogen) atoms. The molecule has 0 atom stereocenters. The first-order chi connectivity index (χ1) is 13.1. The molecule has 2 aromatic rings. The lowest BCUT2D eigenvalue weighted by molar-refractivity contribution is 0.0741. The Morgan fingerprint density at radius 3 is 2.56 bits per heavy atom. The van der Waals surface area contributed by atoms with E-state index in [2.05, 4.69) is 54.2 Å². The average Bonchev–Trinajstić information content (AvgIpc) is 2.70. The van der Waals surface area contributed by atoms with Crippen molar-refractivity contribution in [1.82, 2.24) is 9.88 Å². The minimum absolute atomic E-state index is 0.0238. The van der Waals surface area contributed by atoms with Crippen molar-refractivity contribution in [3.63, 3.8) is 0 Å². The minimum atomic E-state index is 0.0238. The number of carbonyl (C=O) groups excluding carboxylic acids is 1. The highest BCUT2D eigenvalue weighted by Crippen LogP contribution is 2.24. The lowest BCUT2D eigenvalue weighted by Gasteiger charge is -2.37. The SMILES string of the molecule is CCCCNc1ccc(C(=O)N2CCN(c3cccc(C)c3C)CC2)nc1. The predicted molar refractivity (Wildman–Crippen MR) is 112 cm³/mol. The zero-order valence-electron chi connectivity index (χ0n) is 16.7. The number of carbonyl (C=O) groups is 1. The number of benzene rings is 1. The Bertz CT molecular complexity index is 764. The van der Waals surface area contributed by atoms with Gasteiger partial charge in [-0.1, -0.05) is 25.5 Å². The third kappa shape index (κ3) is 4.59. The monoisotopic (exact) mass is 366 g/mol. The number of hydrogen-bond acceptors (Lipinski definition) is 4. The molecular formula is C22H30N4O. The summed E-state index contributed by atoms with van der Waals surface area (Å²) in [5, 5.41) is 3.33. The Balaban J connectivity index is 1.57. The van der Waals surface area contributed by atoms with Gasteiger partial charge in [0.25, 0.3) is 5.91 Å². The first kappa shape index (κ1) is 19.2. The van der Waals surface area contributed by atoms with Crippen LogP contribution < -0.4 is 10.2 Å². The quantitative estimate of drug-likeness (QED) is 0.789. The van der Waals surface area contributed by atoms with Gasteiger partial charge < -0.3 is 15.1 Å². The van der Waals surface area contributed by atoms with Crippen LogP contribution in [0.3, 0.4) is 0 Å². The van der Waals surface area contributed by atoms with Crippen LogP contribution in [0.25, 0.3) is 0 Å². The summed E-state index contributed by atoms with van der Waals surface area (Å²) in [5.74, 6) is 0.0238. The summed E-state index contributed by atoms with van der Waals surface area (Å²) in [4.78, 5) is 21.4. The molecule has 1 saturated heterocycles. The highest BCUT2D eigenvalue weighted by atomic mass is 16.2. The van der Waals surface area contributed by atoms with Gasteiger partial charge in [-0.2, -0.15) is 0 Å². The number of aromatic nitrogens is 1. The topological polar surface area (TPSA) is 48.5 Å². The van der Waals surface area contributed by atoms with Crippen LogP contribution in [0.2, 0.25) is 0 Å². The van der Waals surface area contributed by atoms with Crippen molar-refractivity contribution >= 4 is 17.3 Å². The fourth-order valence-electron chi connectivity index (χ4n) is 3.43. The molecule has 0 spiro atoms. The smallest absolute Gasteiger partial charge is 0.272 e. The number of aryl methyl sites for hydroxylation is 1. The van der Waals surface area contributed by atoms with Crippen LogP contribution in [-0.4, -0.2) is 48.5 Å². The van der Waals surface area contributed by atoms with E-state index in [-0.39, 0.29) is 5.91 Å². The largest absolute Gasteiger partial charge is 0.384 e. The maximum atomic E-state index is 12.8. The molecule has 0 unspecified atom stereocenters. The Kier molecular flexibility index (Phi) is 6.32. The molecule has 3 rings (SSSR count). The maximum Gasteiger partial charge on any atom is 0.272 e. The van der Waals surface area contributed by atoms with Gasteiger partial charge in [0.2, 0.25) is 0 Å². The highest BCUT2D eigenvalue weighted by molar-refractivity contribution is 5.92. The Hall–Kier alpha value is -2.56. The molecule has 0 saturated carbocycles. The zero-order valence-corrected chi connectivity index (χ0v) is 16.7. The number of nitrogens with zero attached hydrogens (tertiary/aromatic N) is 3. The van der Waals surface area contributed by atoms with E-state index in [9.17, 15) is 4.79 Å². The summed E-state index contributed by atoms with van der Waals surface area (Å²) in [6, 6.07) is 10.2. The molecule has 0 radical (unpaired) electrons. The molecule has 0 aliphatic carbocycles. The number of piperazine rings is 1. The number of rotatable bonds is 6. The van der Waals surface area contributed by atoms with Gasteiger partial charge >= 0.3 is 0 Å². The third-order valence-corrected chi connectivity index (χ3v) is 5.33. The lowest BCUT2D eigenvalue weighted by atomic mass is 10.1. The van der Waals surface area contributed by atoms with Crippen LogP contribution in [0.4, 0.5) is 11.4 Å². The fourth-order valence-corrected chi connectivity index (χ4v) is 3.43. The average molecular weight is 367 g/mol. The molecule has 5 heteroatoms. The second kappa shape index (κ2) is 8.89. The Morgan fingerprint density at radius 1 is 1.11 bits per heavy atom. The van der Waals surface area contributed by atoms with E-state index in [0.717, 1.165) is 51.3 Å². The molecule has 0 bridgehead atoms. The standard InChI is InChI=1S/C22H30N4O/c1-4-5-11-23-19-9-10-20(24-16-19)22(27)26-14-12-25(13-15-26)21-8-6-7-17(2)18(21)3/h6-10,16,23H,4-5,11-15H2,1-3H3. The molecule has 1 aromatic carbocycles. The van der Waals surface area contributed by atoms with E-state index in [0.29, 0.717) is 5.69 Å². The van der Waals surface area contributed by atoms with Crippen LogP contribution in [0.15, 0.2) is 36.5 Å². The summed E-state index contributed by atoms with van der Waals surface area (Å²) < 4.78 is 0. The van der Waals surface area contributed by atoms with E-state index in [1.54, 1.807) is 6.20 Å². The van der Waals surface area contributed by atoms with Crippen molar-refractivity contribution in [3.8, 4) is 0 Å². The van der Waals surface area contributed by atoms with Crippen molar-refractivity contribution < 1.29 is 4.79 Å². The summed E-state index contributed by atoms with van der Waals surface area (Å²) >= 11 is 0. The first-order valence-corrected chi connectivity index (χ1v) is 9.90. The van der Waals surface area contributed by atoms with Gasteiger partial charge in [0.15, 0.2) is 0 Å². The fraction of sp³-hybridized carbons (Fsp3) is 0.455. The van der Waals surface area contributed by atoms with Crippen LogP contribution in [0.5, 0.6) is 0 Å². The van der Waals surface area contributed by atoms with E-state index in [4.69, 9.17) is 0 Å². The van der Waals surface area contributed by atoms with Crippen LogP contribution >= 0.6 is 0 Å². The van der Waals surface area contributed by atoms with E-state index in [1.165, 1.54) is 16.8 Å². The van der Waals surface area contributed by atoms with Gasteiger partial charge in [0.1, 0.15) is 5.69 Å². The second-order valence-corrected chi connectivity index (χ2v) is 7.21. The molecule has 2 heterocycles. The summed E-state index contributed by atoms with van der Waals surface area (Å²) in [5.41, 5.74) is 5.41. The normalized spacial score (nSPS) is 14.3.